The minimum absolute atomic E-state index is 0.0387. The van der Waals surface area contributed by atoms with Crippen molar-refractivity contribution in [2.75, 3.05) is 20.1 Å². The molecule has 0 bridgehead atoms. The van der Waals surface area contributed by atoms with Gasteiger partial charge in [-0.2, -0.15) is 0 Å². The molecule has 0 spiro atoms. The molecule has 0 saturated heterocycles. The first-order valence-electron chi connectivity index (χ1n) is 5.50. The highest BCUT2D eigenvalue weighted by Crippen LogP contribution is 2.01. The molecule has 0 aromatic carbocycles. The zero-order valence-electron chi connectivity index (χ0n) is 9.94. The van der Waals surface area contributed by atoms with Crippen LogP contribution in [-0.2, 0) is 11.3 Å². The van der Waals surface area contributed by atoms with Crippen molar-refractivity contribution in [2.24, 2.45) is 0 Å². The number of aromatic nitrogens is 1. The van der Waals surface area contributed by atoms with Crippen molar-refractivity contribution in [2.45, 2.75) is 19.9 Å². The zero-order valence-corrected chi connectivity index (χ0v) is 9.94. The molecule has 1 rings (SSSR count). The first-order chi connectivity index (χ1) is 7.68. The first-order valence-corrected chi connectivity index (χ1v) is 5.50. The van der Waals surface area contributed by atoms with E-state index < -0.39 is 0 Å². The van der Waals surface area contributed by atoms with Crippen LogP contribution in [0.5, 0.6) is 0 Å². The van der Waals surface area contributed by atoms with Crippen LogP contribution in [0.25, 0.3) is 0 Å². The summed E-state index contributed by atoms with van der Waals surface area (Å²) in [5, 5.41) is 2.79. The van der Waals surface area contributed by atoms with E-state index in [1.165, 1.54) is 5.56 Å². The summed E-state index contributed by atoms with van der Waals surface area (Å²) in [6, 6.07) is 4.04. The lowest BCUT2D eigenvalue weighted by atomic mass is 10.2. The third-order valence-corrected chi connectivity index (χ3v) is 2.29. The largest absolute Gasteiger partial charge is 0.356 e. The molecule has 0 fully saturated rings. The van der Waals surface area contributed by atoms with E-state index >= 15 is 0 Å². The van der Waals surface area contributed by atoms with E-state index in [0.717, 1.165) is 26.1 Å². The second-order valence-corrected chi connectivity index (χ2v) is 3.93. The van der Waals surface area contributed by atoms with Crippen molar-refractivity contribution in [3.63, 3.8) is 0 Å². The van der Waals surface area contributed by atoms with Crippen molar-refractivity contribution >= 4 is 5.91 Å². The number of hydrogen-bond acceptors (Lipinski definition) is 3. The standard InChI is InChI=1S/C12H19N3O/c1-11(16)14-6-3-9-15(2)10-12-4-7-13-8-5-12/h4-5,7-8H,3,6,9-10H2,1-2H3,(H,14,16). The molecule has 16 heavy (non-hydrogen) atoms. The maximum Gasteiger partial charge on any atom is 0.216 e. The average Bonchev–Trinajstić information content (AvgIpc) is 2.25. The Morgan fingerprint density at radius 1 is 1.44 bits per heavy atom. The summed E-state index contributed by atoms with van der Waals surface area (Å²) in [7, 11) is 2.08. The minimum atomic E-state index is 0.0387. The predicted octanol–water partition coefficient (Wildman–Crippen LogP) is 1.04. The molecule has 4 heteroatoms. The van der Waals surface area contributed by atoms with E-state index in [4.69, 9.17) is 0 Å². The van der Waals surface area contributed by atoms with Crippen molar-refractivity contribution in [1.82, 2.24) is 15.2 Å². The fourth-order valence-corrected chi connectivity index (χ4v) is 1.49. The fourth-order valence-electron chi connectivity index (χ4n) is 1.49. The van der Waals surface area contributed by atoms with Gasteiger partial charge >= 0.3 is 0 Å². The summed E-state index contributed by atoms with van der Waals surface area (Å²) in [5.74, 6) is 0.0387. The van der Waals surface area contributed by atoms with Gasteiger partial charge in [0.1, 0.15) is 0 Å². The summed E-state index contributed by atoms with van der Waals surface area (Å²) in [5.41, 5.74) is 1.26. The lowest BCUT2D eigenvalue weighted by Gasteiger charge is -2.16. The molecule has 0 unspecified atom stereocenters. The normalized spacial score (nSPS) is 10.4. The predicted molar refractivity (Wildman–Crippen MR) is 63.9 cm³/mol. The molecule has 0 atom stereocenters. The molecule has 4 nitrogen and oxygen atoms in total. The number of amides is 1. The third-order valence-electron chi connectivity index (χ3n) is 2.29. The second-order valence-electron chi connectivity index (χ2n) is 3.93. The maximum atomic E-state index is 10.6. The highest BCUT2D eigenvalue weighted by Gasteiger charge is 1.99. The lowest BCUT2D eigenvalue weighted by molar-refractivity contribution is -0.118. The molecule has 88 valence electrons. The Morgan fingerprint density at radius 3 is 2.75 bits per heavy atom. The first kappa shape index (κ1) is 12.6. The molecule has 0 aliphatic carbocycles. The van der Waals surface area contributed by atoms with Crippen LogP contribution in [0.1, 0.15) is 18.9 Å². The molecule has 0 aliphatic heterocycles. The molecule has 0 radical (unpaired) electrons. The molecular formula is C12H19N3O. The molecule has 1 aromatic heterocycles. The Morgan fingerprint density at radius 2 is 2.12 bits per heavy atom. The van der Waals surface area contributed by atoms with Crippen molar-refractivity contribution in [3.05, 3.63) is 30.1 Å². The summed E-state index contributed by atoms with van der Waals surface area (Å²) >= 11 is 0. The van der Waals surface area contributed by atoms with Gasteiger partial charge in [0.25, 0.3) is 0 Å². The Hall–Kier alpha value is -1.42. The van der Waals surface area contributed by atoms with Gasteiger partial charge in [0.2, 0.25) is 5.91 Å². The van der Waals surface area contributed by atoms with E-state index in [9.17, 15) is 4.79 Å². The SMILES string of the molecule is CC(=O)NCCCN(C)Cc1ccncc1. The molecule has 1 N–H and O–H groups in total. The van der Waals surface area contributed by atoms with Crippen molar-refractivity contribution in [3.8, 4) is 0 Å². The van der Waals surface area contributed by atoms with Gasteiger partial charge in [0.05, 0.1) is 0 Å². The van der Waals surface area contributed by atoms with E-state index in [2.05, 4.69) is 22.2 Å². The number of carbonyl (C=O) groups excluding carboxylic acids is 1. The second kappa shape index (κ2) is 6.95. The Kier molecular flexibility index (Phi) is 5.50. The highest BCUT2D eigenvalue weighted by atomic mass is 16.1. The van der Waals surface area contributed by atoms with Crippen molar-refractivity contribution in [1.29, 1.82) is 0 Å². The van der Waals surface area contributed by atoms with Gasteiger partial charge in [0.15, 0.2) is 0 Å². The summed E-state index contributed by atoms with van der Waals surface area (Å²) < 4.78 is 0. The molecular weight excluding hydrogens is 202 g/mol. The van der Waals surface area contributed by atoms with Gasteiger partial charge in [0, 0.05) is 32.4 Å². The topological polar surface area (TPSA) is 45.2 Å². The smallest absolute Gasteiger partial charge is 0.216 e. The van der Waals surface area contributed by atoms with Gasteiger partial charge in [-0.25, -0.2) is 0 Å². The Labute approximate surface area is 96.7 Å². The summed E-state index contributed by atoms with van der Waals surface area (Å²) in [4.78, 5) is 16.9. The van der Waals surface area contributed by atoms with E-state index in [1.807, 2.05) is 12.1 Å². The van der Waals surface area contributed by atoms with E-state index in [0.29, 0.717) is 0 Å². The monoisotopic (exact) mass is 221 g/mol. The van der Waals surface area contributed by atoms with Gasteiger partial charge in [-0.05, 0) is 37.7 Å². The number of nitrogens with one attached hydrogen (secondary N) is 1. The van der Waals surface area contributed by atoms with Crippen molar-refractivity contribution < 1.29 is 4.79 Å². The Balaban J connectivity index is 2.16. The number of hydrogen-bond donors (Lipinski definition) is 1. The number of carbonyl (C=O) groups is 1. The van der Waals surface area contributed by atoms with Crippen LogP contribution >= 0.6 is 0 Å². The molecule has 1 amide bonds. The van der Waals surface area contributed by atoms with Gasteiger partial charge < -0.3 is 10.2 Å². The number of nitrogens with zero attached hydrogens (tertiary/aromatic N) is 2. The van der Waals surface area contributed by atoms with Crippen LogP contribution in [0, 0.1) is 0 Å². The quantitative estimate of drug-likeness (QED) is 0.730. The fraction of sp³-hybridized carbons (Fsp3) is 0.500. The number of pyridine rings is 1. The van der Waals surface area contributed by atoms with Gasteiger partial charge in [-0.3, -0.25) is 9.78 Å². The molecule has 0 aliphatic rings. The van der Waals surface area contributed by atoms with Crippen LogP contribution in [0.2, 0.25) is 0 Å². The minimum Gasteiger partial charge on any atom is -0.356 e. The summed E-state index contributed by atoms with van der Waals surface area (Å²) in [6.45, 7) is 4.18. The zero-order chi connectivity index (χ0) is 11.8. The molecule has 1 heterocycles. The van der Waals surface area contributed by atoms with Crippen LogP contribution in [-0.4, -0.2) is 35.9 Å². The van der Waals surface area contributed by atoms with Crippen LogP contribution < -0.4 is 5.32 Å². The highest BCUT2D eigenvalue weighted by molar-refractivity contribution is 5.72. The van der Waals surface area contributed by atoms with E-state index in [1.54, 1.807) is 19.3 Å². The molecule has 0 saturated carbocycles. The van der Waals surface area contributed by atoms with Crippen LogP contribution in [0.15, 0.2) is 24.5 Å². The Bertz CT molecular complexity index is 313. The number of rotatable bonds is 6. The van der Waals surface area contributed by atoms with Gasteiger partial charge in [-0.1, -0.05) is 0 Å². The van der Waals surface area contributed by atoms with Crippen LogP contribution in [0.3, 0.4) is 0 Å². The molecule has 1 aromatic rings. The summed E-state index contributed by atoms with van der Waals surface area (Å²) in [6.07, 6.45) is 4.59. The van der Waals surface area contributed by atoms with Crippen LogP contribution in [0.4, 0.5) is 0 Å². The third kappa shape index (κ3) is 5.46. The average molecular weight is 221 g/mol. The van der Waals surface area contributed by atoms with E-state index in [-0.39, 0.29) is 5.91 Å². The maximum absolute atomic E-state index is 10.6. The lowest BCUT2D eigenvalue weighted by Crippen LogP contribution is -2.26. The van der Waals surface area contributed by atoms with Gasteiger partial charge in [-0.15, -0.1) is 0 Å².